The van der Waals surface area contributed by atoms with E-state index in [0.29, 0.717) is 0 Å². The van der Waals surface area contributed by atoms with E-state index in [0.717, 1.165) is 5.92 Å². The summed E-state index contributed by atoms with van der Waals surface area (Å²) < 4.78 is 0. The lowest BCUT2D eigenvalue weighted by Crippen LogP contribution is -1.94. The van der Waals surface area contributed by atoms with Crippen molar-refractivity contribution in [2.45, 2.75) is 64.7 Å². The van der Waals surface area contributed by atoms with Crippen LogP contribution >= 0.6 is 0 Å². The molecule has 13 heavy (non-hydrogen) atoms. The topological polar surface area (TPSA) is 0 Å². The van der Waals surface area contributed by atoms with Gasteiger partial charge in [-0.15, -0.1) is 0 Å². The second kappa shape index (κ2) is 7.17. The van der Waals surface area contributed by atoms with Crippen molar-refractivity contribution in [3.8, 4) is 0 Å². The average molecular weight is 180 g/mol. The predicted octanol–water partition coefficient (Wildman–Crippen LogP) is 4.70. The van der Waals surface area contributed by atoms with Crippen molar-refractivity contribution >= 4 is 0 Å². The third-order valence-electron chi connectivity index (χ3n) is 3.06. The van der Waals surface area contributed by atoms with Gasteiger partial charge in [-0.05, 0) is 31.6 Å². The van der Waals surface area contributed by atoms with E-state index in [1.807, 2.05) is 0 Å². The molecule has 1 aliphatic carbocycles. The van der Waals surface area contributed by atoms with Crippen molar-refractivity contribution in [2.24, 2.45) is 5.92 Å². The fourth-order valence-corrected chi connectivity index (χ4v) is 2.05. The molecule has 0 fully saturated rings. The molecule has 1 unspecified atom stereocenters. The molecule has 0 saturated carbocycles. The van der Waals surface area contributed by atoms with Crippen LogP contribution in [0.4, 0.5) is 0 Å². The minimum atomic E-state index is 0.948. The van der Waals surface area contributed by atoms with Gasteiger partial charge in [-0.1, -0.05) is 51.2 Å². The number of hydrogen-bond acceptors (Lipinski definition) is 0. The quantitative estimate of drug-likeness (QED) is 0.474. The third-order valence-corrected chi connectivity index (χ3v) is 3.06. The number of hydrogen-bond donors (Lipinski definition) is 0. The first-order valence-corrected chi connectivity index (χ1v) is 6.04. The minimum Gasteiger partial charge on any atom is -0.0885 e. The van der Waals surface area contributed by atoms with Gasteiger partial charge in [0, 0.05) is 0 Å². The summed E-state index contributed by atoms with van der Waals surface area (Å²) in [6.07, 6.45) is 17.5. The Hall–Kier alpha value is -0.260. The highest BCUT2D eigenvalue weighted by atomic mass is 14.1. The molecular weight excluding hydrogens is 156 g/mol. The zero-order valence-corrected chi connectivity index (χ0v) is 9.10. The first kappa shape index (κ1) is 10.8. The van der Waals surface area contributed by atoms with Crippen LogP contribution in [-0.4, -0.2) is 0 Å². The fraction of sp³-hybridized carbons (Fsp3) is 0.846. The summed E-state index contributed by atoms with van der Waals surface area (Å²) in [5.74, 6) is 0.948. The molecule has 0 nitrogen and oxygen atoms in total. The Morgan fingerprint density at radius 3 is 2.38 bits per heavy atom. The summed E-state index contributed by atoms with van der Waals surface area (Å²) in [4.78, 5) is 0. The fourth-order valence-electron chi connectivity index (χ4n) is 2.05. The summed E-state index contributed by atoms with van der Waals surface area (Å²) in [6, 6.07) is 0. The van der Waals surface area contributed by atoms with Gasteiger partial charge in [-0.25, -0.2) is 0 Å². The Morgan fingerprint density at radius 1 is 0.769 bits per heavy atom. The lowest BCUT2D eigenvalue weighted by atomic mass is 9.96. The Morgan fingerprint density at radius 2 is 1.46 bits per heavy atom. The monoisotopic (exact) mass is 180 g/mol. The van der Waals surface area contributed by atoms with Crippen molar-refractivity contribution in [1.29, 1.82) is 0 Å². The van der Waals surface area contributed by atoms with Crippen molar-refractivity contribution in [1.82, 2.24) is 0 Å². The van der Waals surface area contributed by atoms with E-state index in [1.165, 1.54) is 57.8 Å². The van der Waals surface area contributed by atoms with E-state index in [4.69, 9.17) is 0 Å². The minimum absolute atomic E-state index is 0.948. The van der Waals surface area contributed by atoms with Crippen molar-refractivity contribution in [2.75, 3.05) is 0 Å². The Bertz CT molecular complexity index is 135. The maximum absolute atomic E-state index is 2.40. The van der Waals surface area contributed by atoms with E-state index >= 15 is 0 Å². The van der Waals surface area contributed by atoms with E-state index in [-0.39, 0.29) is 0 Å². The van der Waals surface area contributed by atoms with Gasteiger partial charge < -0.3 is 0 Å². The van der Waals surface area contributed by atoms with E-state index in [1.54, 1.807) is 0 Å². The van der Waals surface area contributed by atoms with Gasteiger partial charge in [0.2, 0.25) is 0 Å². The van der Waals surface area contributed by atoms with Gasteiger partial charge in [0.25, 0.3) is 0 Å². The second-order valence-electron chi connectivity index (χ2n) is 4.50. The molecule has 0 N–H and O–H groups in total. The van der Waals surface area contributed by atoms with Gasteiger partial charge in [0.1, 0.15) is 0 Å². The van der Waals surface area contributed by atoms with E-state index in [9.17, 15) is 0 Å². The molecule has 0 heteroatoms. The lowest BCUT2D eigenvalue weighted by molar-refractivity contribution is 0.457. The van der Waals surface area contributed by atoms with Gasteiger partial charge in [0.15, 0.2) is 0 Å². The molecule has 0 aromatic carbocycles. The highest BCUT2D eigenvalue weighted by Crippen LogP contribution is 2.17. The molecular formula is C13H24. The largest absolute Gasteiger partial charge is 0.0885 e. The smallest absolute Gasteiger partial charge is 0.0348 e. The first-order valence-electron chi connectivity index (χ1n) is 6.04. The van der Waals surface area contributed by atoms with E-state index in [2.05, 4.69) is 19.1 Å². The van der Waals surface area contributed by atoms with Crippen LogP contribution in [0.15, 0.2) is 12.2 Å². The standard InChI is InChI=1S/C13H24/c1-13-11-9-7-5-3-2-4-6-8-10-12-13/h5,7,13H,2-4,6,8-12H2,1H3. The van der Waals surface area contributed by atoms with E-state index < -0.39 is 0 Å². The van der Waals surface area contributed by atoms with Crippen LogP contribution in [0.5, 0.6) is 0 Å². The SMILES string of the molecule is CC1CCC=CCCCCCCC1. The summed E-state index contributed by atoms with van der Waals surface area (Å²) in [5.41, 5.74) is 0. The van der Waals surface area contributed by atoms with Crippen molar-refractivity contribution in [3.05, 3.63) is 12.2 Å². The van der Waals surface area contributed by atoms with Crippen LogP contribution in [-0.2, 0) is 0 Å². The molecule has 0 radical (unpaired) electrons. The molecule has 0 saturated heterocycles. The van der Waals surface area contributed by atoms with Gasteiger partial charge in [-0.3, -0.25) is 0 Å². The number of rotatable bonds is 0. The summed E-state index contributed by atoms with van der Waals surface area (Å²) in [5, 5.41) is 0. The molecule has 0 spiro atoms. The molecule has 1 rings (SSSR count). The molecule has 0 aromatic heterocycles. The summed E-state index contributed by atoms with van der Waals surface area (Å²) in [6.45, 7) is 2.40. The van der Waals surface area contributed by atoms with Gasteiger partial charge in [0.05, 0.1) is 0 Å². The molecule has 0 aliphatic heterocycles. The Balaban J connectivity index is 2.21. The normalized spacial score (nSPS) is 27.6. The van der Waals surface area contributed by atoms with Crippen molar-refractivity contribution in [3.63, 3.8) is 0 Å². The van der Waals surface area contributed by atoms with Gasteiger partial charge in [-0.2, -0.15) is 0 Å². The predicted molar refractivity (Wildman–Crippen MR) is 59.9 cm³/mol. The molecule has 0 aromatic rings. The Kier molecular flexibility index (Phi) is 5.97. The van der Waals surface area contributed by atoms with Crippen LogP contribution in [0.25, 0.3) is 0 Å². The maximum atomic E-state index is 2.40. The molecule has 0 heterocycles. The third kappa shape index (κ3) is 5.90. The highest BCUT2D eigenvalue weighted by Gasteiger charge is 2.01. The first-order chi connectivity index (χ1) is 6.39. The van der Waals surface area contributed by atoms with Crippen LogP contribution in [0.3, 0.4) is 0 Å². The van der Waals surface area contributed by atoms with Crippen LogP contribution in [0.1, 0.15) is 64.7 Å². The van der Waals surface area contributed by atoms with Crippen LogP contribution in [0, 0.1) is 5.92 Å². The zero-order chi connectivity index (χ0) is 9.36. The average Bonchev–Trinajstić information content (AvgIpc) is 2.11. The van der Waals surface area contributed by atoms with Crippen molar-refractivity contribution < 1.29 is 0 Å². The second-order valence-corrected chi connectivity index (χ2v) is 4.50. The highest BCUT2D eigenvalue weighted by molar-refractivity contribution is 4.82. The Labute approximate surface area is 83.4 Å². The van der Waals surface area contributed by atoms with Crippen LogP contribution in [0.2, 0.25) is 0 Å². The summed E-state index contributed by atoms with van der Waals surface area (Å²) in [7, 11) is 0. The summed E-state index contributed by atoms with van der Waals surface area (Å²) >= 11 is 0. The van der Waals surface area contributed by atoms with Gasteiger partial charge >= 0.3 is 0 Å². The molecule has 0 bridgehead atoms. The molecule has 1 atom stereocenters. The maximum Gasteiger partial charge on any atom is -0.0348 e. The molecule has 0 amide bonds. The van der Waals surface area contributed by atoms with Crippen LogP contribution < -0.4 is 0 Å². The lowest BCUT2D eigenvalue weighted by Gasteiger charge is -2.10. The molecule has 76 valence electrons. The number of allylic oxidation sites excluding steroid dienone is 2. The molecule has 1 aliphatic rings. The zero-order valence-electron chi connectivity index (χ0n) is 9.10.